The summed E-state index contributed by atoms with van der Waals surface area (Å²) in [6, 6.07) is 10.0. The summed E-state index contributed by atoms with van der Waals surface area (Å²) in [5.74, 6) is 0.649. The molecule has 4 aromatic rings. The lowest BCUT2D eigenvalue weighted by Crippen LogP contribution is -2.07. The first-order valence-electron chi connectivity index (χ1n) is 8.14. The van der Waals surface area contributed by atoms with Gasteiger partial charge in [-0.25, -0.2) is 15.0 Å². The van der Waals surface area contributed by atoms with Crippen molar-refractivity contribution in [2.45, 2.75) is 6.42 Å². The second-order valence-corrected chi connectivity index (χ2v) is 6.85. The summed E-state index contributed by atoms with van der Waals surface area (Å²) in [5, 5.41) is 22.0. The number of aliphatic hydroxyl groups is 1. The minimum atomic E-state index is 0.0215. The molecule has 0 radical (unpaired) electrons. The highest BCUT2D eigenvalue weighted by atomic mass is 32.1. The van der Waals surface area contributed by atoms with E-state index in [1.165, 1.54) is 11.3 Å². The summed E-state index contributed by atoms with van der Waals surface area (Å²) in [6.07, 6.45) is 2.11. The number of nitriles is 1. The van der Waals surface area contributed by atoms with Gasteiger partial charge in [0.25, 0.3) is 0 Å². The summed E-state index contributed by atoms with van der Waals surface area (Å²) in [5.41, 5.74) is 4.39. The molecule has 0 fully saturated rings. The zero-order valence-corrected chi connectivity index (χ0v) is 14.9. The van der Waals surface area contributed by atoms with Crippen LogP contribution >= 0.6 is 11.3 Å². The molecular weight excluding hydrogens is 348 g/mol. The summed E-state index contributed by atoms with van der Waals surface area (Å²) < 4.78 is 1.93. The molecule has 0 aliphatic rings. The van der Waals surface area contributed by atoms with E-state index in [1.54, 1.807) is 6.33 Å². The molecule has 2 N–H and O–H groups in total. The zero-order valence-electron chi connectivity index (χ0n) is 14.1. The molecule has 1 aromatic carbocycles. The Hall–Kier alpha value is -3.02. The van der Waals surface area contributed by atoms with Crippen LogP contribution < -0.4 is 5.32 Å². The first-order valence-corrected chi connectivity index (χ1v) is 8.95. The fourth-order valence-corrected chi connectivity index (χ4v) is 3.85. The van der Waals surface area contributed by atoms with E-state index in [9.17, 15) is 0 Å². The molecule has 4 rings (SSSR count). The highest BCUT2D eigenvalue weighted by Gasteiger charge is 2.17. The molecule has 130 valence electrons. The van der Waals surface area contributed by atoms with Crippen LogP contribution in [0.25, 0.3) is 32.0 Å². The molecule has 0 atom stereocenters. The Bertz CT molecular complexity index is 1140. The standard InChI is InChI=1S/C18H16N6OS/c1-24-10-21-13-15(24)14-18(23-16(13)20-7-8-25)26-17(22-14)12-4-2-3-11(9-12)5-6-19/h2-4,9-10,25H,5,7-8H2,1H3,(H,20,23). The third-order valence-corrected chi connectivity index (χ3v) is 5.07. The number of aryl methyl sites for hydroxylation is 1. The monoisotopic (exact) mass is 364 g/mol. The number of nitrogens with one attached hydrogen (secondary N) is 1. The van der Waals surface area contributed by atoms with Gasteiger partial charge in [-0.05, 0) is 11.6 Å². The minimum absolute atomic E-state index is 0.0215. The normalized spacial score (nSPS) is 11.1. The smallest absolute Gasteiger partial charge is 0.156 e. The Balaban J connectivity index is 1.89. The van der Waals surface area contributed by atoms with Gasteiger partial charge < -0.3 is 15.0 Å². The summed E-state index contributed by atoms with van der Waals surface area (Å²) in [7, 11) is 1.93. The first-order chi connectivity index (χ1) is 12.7. The number of imidazole rings is 1. The van der Waals surface area contributed by atoms with Gasteiger partial charge in [0.05, 0.1) is 25.4 Å². The van der Waals surface area contributed by atoms with E-state index in [2.05, 4.69) is 21.4 Å². The lowest BCUT2D eigenvalue weighted by atomic mass is 10.1. The van der Waals surface area contributed by atoms with E-state index in [0.717, 1.165) is 37.5 Å². The topological polar surface area (TPSA) is 99.6 Å². The van der Waals surface area contributed by atoms with Gasteiger partial charge in [-0.1, -0.05) is 29.5 Å². The number of nitrogens with zero attached hydrogens (tertiary/aromatic N) is 5. The van der Waals surface area contributed by atoms with Crippen molar-refractivity contribution in [2.75, 3.05) is 18.5 Å². The van der Waals surface area contributed by atoms with Gasteiger partial charge in [-0.3, -0.25) is 0 Å². The fourth-order valence-electron chi connectivity index (χ4n) is 2.91. The van der Waals surface area contributed by atoms with Crippen molar-refractivity contribution in [3.05, 3.63) is 36.2 Å². The van der Waals surface area contributed by atoms with Crippen molar-refractivity contribution >= 4 is 38.5 Å². The first kappa shape index (κ1) is 16.4. The van der Waals surface area contributed by atoms with Crippen LogP contribution in [0.3, 0.4) is 0 Å². The van der Waals surface area contributed by atoms with E-state index < -0.39 is 0 Å². The number of rotatable bonds is 5. The number of anilines is 1. The predicted octanol–water partition coefficient (Wildman–Crippen LogP) is 2.72. The lowest BCUT2D eigenvalue weighted by molar-refractivity contribution is 0.311. The number of hydrogen-bond acceptors (Lipinski definition) is 7. The summed E-state index contributed by atoms with van der Waals surface area (Å²) >= 11 is 1.50. The SMILES string of the molecule is Cn1cnc2c(NCCO)nc3sc(-c4cccc(CC#N)c4)nc3c21. The summed E-state index contributed by atoms with van der Waals surface area (Å²) in [6.45, 7) is 0.430. The van der Waals surface area contributed by atoms with Crippen molar-refractivity contribution < 1.29 is 5.11 Å². The third kappa shape index (κ3) is 2.77. The van der Waals surface area contributed by atoms with Crippen molar-refractivity contribution in [3.63, 3.8) is 0 Å². The van der Waals surface area contributed by atoms with Crippen LogP contribution in [0.15, 0.2) is 30.6 Å². The van der Waals surface area contributed by atoms with E-state index in [-0.39, 0.29) is 6.61 Å². The highest BCUT2D eigenvalue weighted by Crippen LogP contribution is 2.35. The van der Waals surface area contributed by atoms with Crippen LogP contribution in [0.5, 0.6) is 0 Å². The predicted molar refractivity (Wildman–Crippen MR) is 102 cm³/mol. The van der Waals surface area contributed by atoms with Gasteiger partial charge in [0.15, 0.2) is 5.82 Å². The zero-order chi connectivity index (χ0) is 18.1. The van der Waals surface area contributed by atoms with E-state index in [4.69, 9.17) is 15.4 Å². The third-order valence-electron chi connectivity index (χ3n) is 4.07. The van der Waals surface area contributed by atoms with E-state index >= 15 is 0 Å². The van der Waals surface area contributed by atoms with Gasteiger partial charge in [0.2, 0.25) is 0 Å². The minimum Gasteiger partial charge on any atom is -0.395 e. The Morgan fingerprint density at radius 3 is 3.00 bits per heavy atom. The van der Waals surface area contributed by atoms with Crippen LogP contribution in [-0.4, -0.2) is 37.8 Å². The second kappa shape index (κ2) is 6.71. The van der Waals surface area contributed by atoms with Crippen LogP contribution in [0.4, 0.5) is 5.82 Å². The Kier molecular flexibility index (Phi) is 4.24. The molecule has 0 unspecified atom stereocenters. The average Bonchev–Trinajstić information content (AvgIpc) is 3.24. The van der Waals surface area contributed by atoms with Crippen molar-refractivity contribution in [1.82, 2.24) is 19.5 Å². The molecule has 0 aliphatic carbocycles. The van der Waals surface area contributed by atoms with E-state index in [1.807, 2.05) is 35.9 Å². The largest absolute Gasteiger partial charge is 0.395 e. The number of hydrogen-bond donors (Lipinski definition) is 2. The van der Waals surface area contributed by atoms with Gasteiger partial charge >= 0.3 is 0 Å². The maximum absolute atomic E-state index is 9.09. The molecule has 0 spiro atoms. The maximum Gasteiger partial charge on any atom is 0.156 e. The molecule has 3 heterocycles. The highest BCUT2D eigenvalue weighted by molar-refractivity contribution is 7.21. The number of thiazole rings is 1. The van der Waals surface area contributed by atoms with Crippen molar-refractivity contribution in [3.8, 4) is 16.6 Å². The molecule has 0 saturated heterocycles. The molecule has 0 aliphatic heterocycles. The van der Waals surface area contributed by atoms with Gasteiger partial charge in [-0.15, -0.1) is 0 Å². The van der Waals surface area contributed by atoms with Crippen LogP contribution in [0.1, 0.15) is 5.56 Å². The van der Waals surface area contributed by atoms with Crippen LogP contribution in [-0.2, 0) is 13.5 Å². The number of fused-ring (bicyclic) bond motifs is 3. The fraction of sp³-hybridized carbons (Fsp3) is 0.222. The summed E-state index contributed by atoms with van der Waals surface area (Å²) in [4.78, 5) is 14.7. The number of pyridine rings is 1. The second-order valence-electron chi connectivity index (χ2n) is 5.87. The maximum atomic E-state index is 9.09. The molecule has 7 nitrogen and oxygen atoms in total. The van der Waals surface area contributed by atoms with E-state index in [0.29, 0.717) is 18.8 Å². The van der Waals surface area contributed by atoms with Crippen LogP contribution in [0.2, 0.25) is 0 Å². The molecule has 0 saturated carbocycles. The molecule has 0 bridgehead atoms. The molecular formula is C18H16N6OS. The molecule has 8 heteroatoms. The average molecular weight is 364 g/mol. The van der Waals surface area contributed by atoms with Crippen LogP contribution in [0, 0.1) is 11.3 Å². The number of benzene rings is 1. The Morgan fingerprint density at radius 2 is 2.19 bits per heavy atom. The molecule has 0 amide bonds. The van der Waals surface area contributed by atoms with Crippen molar-refractivity contribution in [1.29, 1.82) is 5.26 Å². The Labute approximate surface area is 153 Å². The number of aliphatic hydroxyl groups excluding tert-OH is 1. The Morgan fingerprint density at radius 1 is 1.31 bits per heavy atom. The van der Waals surface area contributed by atoms with Gasteiger partial charge in [0.1, 0.15) is 26.4 Å². The quantitative estimate of drug-likeness (QED) is 0.565. The van der Waals surface area contributed by atoms with Crippen molar-refractivity contribution in [2.24, 2.45) is 7.05 Å². The number of aromatic nitrogens is 4. The van der Waals surface area contributed by atoms with Gasteiger partial charge in [0, 0.05) is 19.2 Å². The molecule has 3 aromatic heterocycles. The van der Waals surface area contributed by atoms with Gasteiger partial charge in [-0.2, -0.15) is 5.26 Å². The molecule has 26 heavy (non-hydrogen) atoms. The lowest BCUT2D eigenvalue weighted by Gasteiger charge is -2.05.